The van der Waals surface area contributed by atoms with E-state index in [0.717, 1.165) is 25.5 Å². The summed E-state index contributed by atoms with van der Waals surface area (Å²) in [4.78, 5) is 13.7. The maximum atomic E-state index is 11.5. The summed E-state index contributed by atoms with van der Waals surface area (Å²) in [6, 6.07) is 0.402. The zero-order valence-corrected chi connectivity index (χ0v) is 10.5. The second-order valence-electron chi connectivity index (χ2n) is 4.57. The summed E-state index contributed by atoms with van der Waals surface area (Å²) in [5.41, 5.74) is 6.67. The molecule has 2 heterocycles. The molecule has 0 unspecified atom stereocenters. The van der Waals surface area contributed by atoms with Crippen molar-refractivity contribution in [1.82, 2.24) is 15.1 Å². The van der Waals surface area contributed by atoms with Gasteiger partial charge in [-0.2, -0.15) is 5.10 Å². The van der Waals surface area contributed by atoms with Gasteiger partial charge in [0.1, 0.15) is 11.4 Å². The van der Waals surface area contributed by atoms with Crippen LogP contribution in [0.15, 0.2) is 0 Å². The monoisotopic (exact) mass is 237 g/mol. The van der Waals surface area contributed by atoms with Gasteiger partial charge in [-0.15, -0.1) is 0 Å². The molecule has 0 saturated carbocycles. The van der Waals surface area contributed by atoms with Gasteiger partial charge in [-0.05, 0) is 13.8 Å². The van der Waals surface area contributed by atoms with Gasteiger partial charge in [-0.3, -0.25) is 9.48 Å². The van der Waals surface area contributed by atoms with Crippen molar-refractivity contribution in [1.29, 1.82) is 0 Å². The predicted molar refractivity (Wildman–Crippen MR) is 66.1 cm³/mol. The molecule has 1 aliphatic heterocycles. The van der Waals surface area contributed by atoms with Gasteiger partial charge in [0.15, 0.2) is 0 Å². The molecule has 0 radical (unpaired) electrons. The Morgan fingerprint density at radius 2 is 2.29 bits per heavy atom. The van der Waals surface area contributed by atoms with Crippen LogP contribution in [0.2, 0.25) is 0 Å². The van der Waals surface area contributed by atoms with Crippen LogP contribution in [0.25, 0.3) is 0 Å². The summed E-state index contributed by atoms with van der Waals surface area (Å²) in [5.74, 6) is 0.431. The largest absolute Gasteiger partial charge is 0.365 e. The highest BCUT2D eigenvalue weighted by atomic mass is 16.1. The van der Waals surface area contributed by atoms with Crippen LogP contribution < -0.4 is 16.0 Å². The third-order valence-electron chi connectivity index (χ3n) is 3.11. The predicted octanol–water partition coefficient (Wildman–Crippen LogP) is -0.374. The summed E-state index contributed by atoms with van der Waals surface area (Å²) in [6.07, 6.45) is 0. The summed E-state index contributed by atoms with van der Waals surface area (Å²) in [7, 11) is 1.85. The van der Waals surface area contributed by atoms with E-state index < -0.39 is 5.91 Å². The van der Waals surface area contributed by atoms with Gasteiger partial charge in [0.25, 0.3) is 5.91 Å². The number of carbonyl (C=O) groups excluding carboxylic acids is 1. The van der Waals surface area contributed by atoms with E-state index in [9.17, 15) is 4.79 Å². The lowest BCUT2D eigenvalue weighted by Gasteiger charge is -2.33. The molecule has 0 aromatic carbocycles. The van der Waals surface area contributed by atoms with Crippen LogP contribution in [-0.4, -0.2) is 41.4 Å². The fraction of sp³-hybridized carbons (Fsp3) is 0.636. The molecule has 6 nitrogen and oxygen atoms in total. The highest BCUT2D eigenvalue weighted by molar-refractivity contribution is 5.99. The van der Waals surface area contributed by atoms with Crippen LogP contribution in [-0.2, 0) is 7.05 Å². The number of hydrogen-bond acceptors (Lipinski definition) is 4. The lowest BCUT2D eigenvalue weighted by molar-refractivity contribution is 0.1000. The Kier molecular flexibility index (Phi) is 3.06. The molecule has 1 aliphatic rings. The van der Waals surface area contributed by atoms with Crippen LogP contribution in [0.5, 0.6) is 0 Å². The molecule has 1 saturated heterocycles. The van der Waals surface area contributed by atoms with Crippen molar-refractivity contribution in [2.45, 2.75) is 19.9 Å². The molecule has 3 N–H and O–H groups in total. The maximum absolute atomic E-state index is 11.5. The lowest BCUT2D eigenvalue weighted by atomic mass is 10.2. The standard InChI is InChI=1S/C11H19N5O/c1-7-6-16(5-4-13-7)11-9(10(12)17)8(2)14-15(11)3/h7,13H,4-6H2,1-3H3,(H2,12,17)/t7-/m1/s1. The molecule has 1 aromatic rings. The second kappa shape index (κ2) is 4.37. The molecule has 6 heteroatoms. The van der Waals surface area contributed by atoms with Gasteiger partial charge in [0, 0.05) is 32.7 Å². The summed E-state index contributed by atoms with van der Waals surface area (Å²) < 4.78 is 1.74. The van der Waals surface area contributed by atoms with Crippen molar-refractivity contribution in [2.24, 2.45) is 12.8 Å². The third-order valence-corrected chi connectivity index (χ3v) is 3.11. The first-order chi connectivity index (χ1) is 8.00. The zero-order valence-electron chi connectivity index (χ0n) is 10.5. The Bertz CT molecular complexity index is 439. The van der Waals surface area contributed by atoms with Crippen LogP contribution >= 0.6 is 0 Å². The van der Waals surface area contributed by atoms with Gasteiger partial charge in [0.2, 0.25) is 0 Å². The quantitative estimate of drug-likeness (QED) is 0.735. The van der Waals surface area contributed by atoms with Crippen molar-refractivity contribution in [3.05, 3.63) is 11.3 Å². The number of amides is 1. The maximum Gasteiger partial charge on any atom is 0.254 e. The third kappa shape index (κ3) is 2.12. The first kappa shape index (κ1) is 11.9. The first-order valence-electron chi connectivity index (χ1n) is 5.82. The smallest absolute Gasteiger partial charge is 0.254 e. The van der Waals surface area contributed by atoms with E-state index in [1.165, 1.54) is 0 Å². The number of carbonyl (C=O) groups is 1. The normalized spacial score (nSPS) is 20.6. The highest BCUT2D eigenvalue weighted by Crippen LogP contribution is 2.23. The van der Waals surface area contributed by atoms with Gasteiger partial charge in [-0.25, -0.2) is 0 Å². The molecule has 94 valence electrons. The summed E-state index contributed by atoms with van der Waals surface area (Å²) in [6.45, 7) is 6.57. The van der Waals surface area contributed by atoms with Gasteiger partial charge < -0.3 is 16.0 Å². The Morgan fingerprint density at radius 1 is 1.59 bits per heavy atom. The van der Waals surface area contributed by atoms with Crippen molar-refractivity contribution in [2.75, 3.05) is 24.5 Å². The molecule has 1 fully saturated rings. The van der Waals surface area contributed by atoms with E-state index in [-0.39, 0.29) is 0 Å². The zero-order chi connectivity index (χ0) is 12.6. The molecule has 1 atom stereocenters. The Hall–Kier alpha value is -1.56. The van der Waals surface area contributed by atoms with E-state index >= 15 is 0 Å². The number of primary amides is 1. The van der Waals surface area contributed by atoms with Crippen LogP contribution in [0.4, 0.5) is 5.82 Å². The molecule has 0 bridgehead atoms. The molecular weight excluding hydrogens is 218 g/mol. The number of hydrogen-bond donors (Lipinski definition) is 2. The van der Waals surface area contributed by atoms with Crippen molar-refractivity contribution in [3.63, 3.8) is 0 Å². The number of nitrogens with two attached hydrogens (primary N) is 1. The molecule has 1 aromatic heterocycles. The summed E-state index contributed by atoms with van der Waals surface area (Å²) >= 11 is 0. The Morgan fingerprint density at radius 3 is 2.88 bits per heavy atom. The lowest BCUT2D eigenvalue weighted by Crippen LogP contribution is -2.50. The van der Waals surface area contributed by atoms with Gasteiger partial charge in [0.05, 0.1) is 5.69 Å². The molecule has 1 amide bonds. The SMILES string of the molecule is Cc1nn(C)c(N2CCN[C@H](C)C2)c1C(N)=O. The minimum absolute atomic E-state index is 0.402. The fourth-order valence-corrected chi connectivity index (χ4v) is 2.42. The van der Waals surface area contributed by atoms with Crippen molar-refractivity contribution < 1.29 is 4.79 Å². The minimum atomic E-state index is -0.406. The number of nitrogens with zero attached hydrogens (tertiary/aromatic N) is 3. The van der Waals surface area contributed by atoms with Crippen LogP contribution in [0.3, 0.4) is 0 Å². The van der Waals surface area contributed by atoms with E-state index in [2.05, 4.69) is 22.2 Å². The average Bonchev–Trinajstić information content (AvgIpc) is 2.53. The number of nitrogens with one attached hydrogen (secondary N) is 1. The molecule has 2 rings (SSSR count). The first-order valence-corrected chi connectivity index (χ1v) is 5.82. The molecular formula is C11H19N5O. The van der Waals surface area contributed by atoms with E-state index in [4.69, 9.17) is 5.73 Å². The minimum Gasteiger partial charge on any atom is -0.365 e. The molecule has 0 spiro atoms. The number of piperazine rings is 1. The summed E-state index contributed by atoms with van der Waals surface area (Å²) in [5, 5.41) is 7.66. The fourth-order valence-electron chi connectivity index (χ4n) is 2.42. The Balaban J connectivity index is 2.40. The van der Waals surface area contributed by atoms with Crippen molar-refractivity contribution >= 4 is 11.7 Å². The van der Waals surface area contributed by atoms with E-state index in [0.29, 0.717) is 17.3 Å². The van der Waals surface area contributed by atoms with Gasteiger partial charge >= 0.3 is 0 Å². The van der Waals surface area contributed by atoms with Crippen molar-refractivity contribution in [3.8, 4) is 0 Å². The van der Waals surface area contributed by atoms with Gasteiger partial charge in [-0.1, -0.05) is 0 Å². The average molecular weight is 237 g/mol. The number of aryl methyl sites for hydroxylation is 2. The highest BCUT2D eigenvalue weighted by Gasteiger charge is 2.25. The van der Waals surface area contributed by atoms with Crippen LogP contribution in [0, 0.1) is 6.92 Å². The van der Waals surface area contributed by atoms with Crippen LogP contribution in [0.1, 0.15) is 23.0 Å². The number of aromatic nitrogens is 2. The number of anilines is 1. The molecule has 17 heavy (non-hydrogen) atoms. The number of rotatable bonds is 2. The molecule has 0 aliphatic carbocycles. The Labute approximate surface area is 101 Å². The topological polar surface area (TPSA) is 76.2 Å². The van der Waals surface area contributed by atoms with E-state index in [1.54, 1.807) is 4.68 Å². The second-order valence-corrected chi connectivity index (χ2v) is 4.57. The van der Waals surface area contributed by atoms with E-state index in [1.807, 2.05) is 14.0 Å².